The average Bonchev–Trinajstić information content (AvgIpc) is 3.24. The molecule has 2 aliphatic carbocycles. The minimum absolute atomic E-state index is 0.155. The molecule has 1 N–H and O–H groups in total. The van der Waals surface area contributed by atoms with Crippen LogP contribution in [0.4, 0.5) is 5.69 Å². The van der Waals surface area contributed by atoms with Crippen molar-refractivity contribution in [1.29, 1.82) is 0 Å². The van der Waals surface area contributed by atoms with Crippen molar-refractivity contribution < 1.29 is 4.92 Å². The normalized spacial score (nSPS) is 18.8. The summed E-state index contributed by atoms with van der Waals surface area (Å²) in [7, 11) is 0. The highest BCUT2D eigenvalue weighted by Gasteiger charge is 2.41. The topological polar surface area (TPSA) is 55.2 Å². The van der Waals surface area contributed by atoms with Crippen LogP contribution in [0.1, 0.15) is 31.2 Å². The Hall–Kier alpha value is -1.13. The van der Waals surface area contributed by atoms with Crippen LogP contribution < -0.4 is 5.32 Å². The third-order valence-corrected chi connectivity index (χ3v) is 4.26. The summed E-state index contributed by atoms with van der Waals surface area (Å²) in [5, 5.41) is 15.1. The number of nitro groups is 1. The van der Waals surface area contributed by atoms with Crippen molar-refractivity contribution in [2.45, 2.75) is 38.3 Å². The van der Waals surface area contributed by atoms with Crippen LogP contribution in [0.3, 0.4) is 0 Å². The zero-order valence-corrected chi connectivity index (χ0v) is 11.4. The van der Waals surface area contributed by atoms with Crippen LogP contribution in [0.25, 0.3) is 0 Å². The van der Waals surface area contributed by atoms with Crippen LogP contribution in [0, 0.1) is 22.0 Å². The van der Waals surface area contributed by atoms with E-state index in [2.05, 4.69) is 5.32 Å². The first-order chi connectivity index (χ1) is 9.15. The molecule has 19 heavy (non-hydrogen) atoms. The smallest absolute Gasteiger partial charge is 0.273 e. The van der Waals surface area contributed by atoms with Crippen LogP contribution in [-0.2, 0) is 6.54 Å². The summed E-state index contributed by atoms with van der Waals surface area (Å²) in [6.07, 6.45) is 5.19. The molecule has 1 aromatic carbocycles. The highest BCUT2D eigenvalue weighted by Crippen LogP contribution is 2.44. The summed E-state index contributed by atoms with van der Waals surface area (Å²) in [4.78, 5) is 10.7. The maximum Gasteiger partial charge on any atom is 0.273 e. The lowest BCUT2D eigenvalue weighted by Gasteiger charge is -2.17. The van der Waals surface area contributed by atoms with Gasteiger partial charge in [-0.25, -0.2) is 0 Å². The molecule has 102 valence electrons. The van der Waals surface area contributed by atoms with Gasteiger partial charge in [0.1, 0.15) is 0 Å². The van der Waals surface area contributed by atoms with Crippen LogP contribution >= 0.6 is 11.6 Å². The molecule has 0 unspecified atom stereocenters. The van der Waals surface area contributed by atoms with Gasteiger partial charge in [0, 0.05) is 29.2 Å². The minimum Gasteiger partial charge on any atom is -0.309 e. The lowest BCUT2D eigenvalue weighted by Crippen LogP contribution is -2.32. The van der Waals surface area contributed by atoms with Crippen molar-refractivity contribution in [3.63, 3.8) is 0 Å². The summed E-state index contributed by atoms with van der Waals surface area (Å²) >= 11 is 5.94. The second-order valence-corrected chi connectivity index (χ2v) is 6.05. The van der Waals surface area contributed by atoms with Crippen molar-refractivity contribution in [2.24, 2.45) is 11.8 Å². The van der Waals surface area contributed by atoms with E-state index in [-0.39, 0.29) is 10.6 Å². The number of nitrogens with zero attached hydrogens (tertiary/aromatic N) is 1. The lowest BCUT2D eigenvalue weighted by atomic mass is 10.1. The van der Waals surface area contributed by atoms with Gasteiger partial charge in [-0.1, -0.05) is 11.6 Å². The van der Waals surface area contributed by atoms with E-state index in [9.17, 15) is 10.1 Å². The number of nitrogens with one attached hydrogen (secondary N) is 1. The fourth-order valence-electron chi connectivity index (χ4n) is 2.73. The quantitative estimate of drug-likeness (QED) is 0.641. The Kier molecular flexibility index (Phi) is 3.46. The number of benzene rings is 1. The summed E-state index contributed by atoms with van der Waals surface area (Å²) in [6, 6.07) is 5.30. The summed E-state index contributed by atoms with van der Waals surface area (Å²) in [6.45, 7) is 0.536. The molecule has 0 spiro atoms. The van der Waals surface area contributed by atoms with Crippen LogP contribution in [0.15, 0.2) is 18.2 Å². The van der Waals surface area contributed by atoms with Gasteiger partial charge in [0.05, 0.1) is 4.92 Å². The van der Waals surface area contributed by atoms with E-state index in [0.29, 0.717) is 23.2 Å². The van der Waals surface area contributed by atoms with Gasteiger partial charge in [-0.15, -0.1) is 0 Å². The zero-order chi connectivity index (χ0) is 13.4. The fourth-order valence-corrected chi connectivity index (χ4v) is 2.93. The Bertz CT molecular complexity index is 486. The largest absolute Gasteiger partial charge is 0.309 e. The van der Waals surface area contributed by atoms with Crippen molar-refractivity contribution in [2.75, 3.05) is 0 Å². The summed E-state index contributed by atoms with van der Waals surface area (Å²) < 4.78 is 0. The number of hydrogen-bond acceptors (Lipinski definition) is 3. The van der Waals surface area contributed by atoms with Gasteiger partial charge in [-0.2, -0.15) is 0 Å². The Morgan fingerprint density at radius 1 is 1.32 bits per heavy atom. The molecule has 0 amide bonds. The molecule has 4 nitrogen and oxygen atoms in total. The Balaban J connectivity index is 1.71. The van der Waals surface area contributed by atoms with Gasteiger partial charge < -0.3 is 5.32 Å². The zero-order valence-electron chi connectivity index (χ0n) is 10.6. The molecule has 0 radical (unpaired) electrons. The maximum atomic E-state index is 11.0. The second-order valence-electron chi connectivity index (χ2n) is 5.61. The molecule has 0 aromatic heterocycles. The van der Waals surface area contributed by atoms with Gasteiger partial charge in [-0.05, 0) is 49.7 Å². The van der Waals surface area contributed by atoms with Gasteiger partial charge in [-0.3, -0.25) is 10.1 Å². The molecule has 2 saturated carbocycles. The van der Waals surface area contributed by atoms with E-state index in [1.54, 1.807) is 12.1 Å². The number of rotatable bonds is 6. The molecule has 0 bridgehead atoms. The van der Waals surface area contributed by atoms with Crippen molar-refractivity contribution in [1.82, 2.24) is 5.32 Å². The minimum atomic E-state index is -0.337. The third kappa shape index (κ3) is 3.07. The number of nitro benzene ring substituents is 1. The van der Waals surface area contributed by atoms with Gasteiger partial charge in [0.2, 0.25) is 0 Å². The molecule has 1 aromatic rings. The number of halogens is 1. The molecule has 0 aliphatic heterocycles. The first-order valence-corrected chi connectivity index (χ1v) is 7.19. The van der Waals surface area contributed by atoms with E-state index in [1.807, 2.05) is 0 Å². The SMILES string of the molecule is O=[N+]([O-])c1ccc(Cl)cc1CNC(C1CC1)C1CC1. The van der Waals surface area contributed by atoms with Crippen molar-refractivity contribution in [3.8, 4) is 0 Å². The standard InChI is InChI=1S/C14H17ClN2O2/c15-12-5-6-13(17(18)19)11(7-12)8-16-14(9-1-2-9)10-3-4-10/h5-7,9-10,14,16H,1-4,8H2. The van der Waals surface area contributed by atoms with E-state index < -0.39 is 0 Å². The number of hydrogen-bond donors (Lipinski definition) is 1. The molecule has 0 heterocycles. The Labute approximate surface area is 117 Å². The molecule has 0 atom stereocenters. The first kappa shape index (κ1) is 12.9. The molecule has 5 heteroatoms. The van der Waals surface area contributed by atoms with Crippen LogP contribution in [0.2, 0.25) is 5.02 Å². The van der Waals surface area contributed by atoms with Gasteiger partial charge >= 0.3 is 0 Å². The van der Waals surface area contributed by atoms with E-state index in [0.717, 1.165) is 11.8 Å². The monoisotopic (exact) mass is 280 g/mol. The first-order valence-electron chi connectivity index (χ1n) is 6.81. The van der Waals surface area contributed by atoms with Crippen LogP contribution in [-0.4, -0.2) is 11.0 Å². The fraction of sp³-hybridized carbons (Fsp3) is 0.571. The lowest BCUT2D eigenvalue weighted by molar-refractivity contribution is -0.385. The molecule has 3 rings (SSSR count). The predicted molar refractivity (Wildman–Crippen MR) is 74.2 cm³/mol. The maximum absolute atomic E-state index is 11.0. The van der Waals surface area contributed by atoms with Gasteiger partial charge in [0.25, 0.3) is 5.69 Å². The highest BCUT2D eigenvalue weighted by molar-refractivity contribution is 6.30. The van der Waals surface area contributed by atoms with Crippen molar-refractivity contribution >= 4 is 17.3 Å². The highest BCUT2D eigenvalue weighted by atomic mass is 35.5. The van der Waals surface area contributed by atoms with Gasteiger partial charge in [0.15, 0.2) is 0 Å². The molecular weight excluding hydrogens is 264 g/mol. The second kappa shape index (κ2) is 5.10. The van der Waals surface area contributed by atoms with E-state index >= 15 is 0 Å². The Morgan fingerprint density at radius 3 is 2.47 bits per heavy atom. The summed E-state index contributed by atoms with van der Waals surface area (Å²) in [5.41, 5.74) is 0.839. The predicted octanol–water partition coefficient (Wildman–Crippen LogP) is 3.53. The summed E-state index contributed by atoms with van der Waals surface area (Å²) in [5.74, 6) is 1.57. The molecule has 2 fully saturated rings. The molecular formula is C14H17ClN2O2. The third-order valence-electron chi connectivity index (χ3n) is 4.03. The van der Waals surface area contributed by atoms with E-state index in [1.165, 1.54) is 31.7 Å². The van der Waals surface area contributed by atoms with E-state index in [4.69, 9.17) is 11.6 Å². The van der Waals surface area contributed by atoms with Crippen LogP contribution in [0.5, 0.6) is 0 Å². The molecule has 0 saturated heterocycles. The van der Waals surface area contributed by atoms with Crippen molar-refractivity contribution in [3.05, 3.63) is 38.9 Å². The average molecular weight is 281 g/mol. The molecule has 2 aliphatic rings. The Morgan fingerprint density at radius 2 is 1.95 bits per heavy atom.